The lowest BCUT2D eigenvalue weighted by molar-refractivity contribution is -0.132. The van der Waals surface area contributed by atoms with Gasteiger partial charge in [-0.3, -0.25) is 9.59 Å². The maximum Gasteiger partial charge on any atom is 0.251 e. The van der Waals surface area contributed by atoms with Crippen molar-refractivity contribution in [1.29, 1.82) is 0 Å². The lowest BCUT2D eigenvalue weighted by Crippen LogP contribution is -2.41. The number of piperidine rings is 1. The Morgan fingerprint density at radius 3 is 2.45 bits per heavy atom. The molecule has 0 aromatic heterocycles. The maximum absolute atomic E-state index is 12.1. The van der Waals surface area contributed by atoms with Crippen LogP contribution < -0.4 is 5.32 Å². The van der Waals surface area contributed by atoms with Crippen LogP contribution in [0.5, 0.6) is 0 Å². The molecule has 0 bridgehead atoms. The molecule has 1 fully saturated rings. The fourth-order valence-electron chi connectivity index (χ4n) is 2.48. The average Bonchev–Trinajstić information content (AvgIpc) is 2.49. The van der Waals surface area contributed by atoms with Crippen LogP contribution in [0.2, 0.25) is 0 Å². The molecular formula is C16H22N2O2. The molecule has 0 spiro atoms. The Balaban J connectivity index is 1.81. The summed E-state index contributed by atoms with van der Waals surface area (Å²) in [7, 11) is 0. The second kappa shape index (κ2) is 7.08. The number of hydrogen-bond donors (Lipinski definition) is 1. The monoisotopic (exact) mass is 274 g/mol. The first-order valence-electron chi connectivity index (χ1n) is 7.30. The topological polar surface area (TPSA) is 49.4 Å². The Kier molecular flexibility index (Phi) is 5.16. The van der Waals surface area contributed by atoms with Gasteiger partial charge in [0.25, 0.3) is 5.91 Å². The molecule has 0 radical (unpaired) electrons. The molecule has 4 heteroatoms. The highest BCUT2D eigenvalue weighted by Gasteiger charge is 2.19. The summed E-state index contributed by atoms with van der Waals surface area (Å²) in [5.41, 5.74) is 0.629. The van der Waals surface area contributed by atoms with E-state index in [2.05, 4.69) is 5.32 Å². The summed E-state index contributed by atoms with van der Waals surface area (Å²) in [4.78, 5) is 26.0. The van der Waals surface area contributed by atoms with Crippen molar-refractivity contribution in [2.24, 2.45) is 0 Å². The number of likely N-dealkylation sites (tertiary alicyclic amines) is 1. The number of carbonyl (C=O) groups excluding carboxylic acids is 2. The fourth-order valence-corrected chi connectivity index (χ4v) is 2.48. The van der Waals surface area contributed by atoms with E-state index in [9.17, 15) is 9.59 Å². The largest absolute Gasteiger partial charge is 0.349 e. The second-order valence-corrected chi connectivity index (χ2v) is 5.39. The third kappa shape index (κ3) is 4.08. The Morgan fingerprint density at radius 1 is 1.15 bits per heavy atom. The maximum atomic E-state index is 12.1. The van der Waals surface area contributed by atoms with Gasteiger partial charge in [-0.25, -0.2) is 0 Å². The average molecular weight is 274 g/mol. The summed E-state index contributed by atoms with van der Waals surface area (Å²) in [5.74, 6) is 0.0232. The molecule has 4 nitrogen and oxygen atoms in total. The quantitative estimate of drug-likeness (QED) is 0.915. The van der Waals surface area contributed by atoms with Crippen molar-refractivity contribution >= 4 is 11.8 Å². The van der Waals surface area contributed by atoms with Crippen molar-refractivity contribution < 1.29 is 9.59 Å². The van der Waals surface area contributed by atoms with Crippen LogP contribution in [0.25, 0.3) is 0 Å². The zero-order valence-electron chi connectivity index (χ0n) is 12.0. The summed E-state index contributed by atoms with van der Waals surface area (Å²) >= 11 is 0. The first kappa shape index (κ1) is 14.6. The number of nitrogens with one attached hydrogen (secondary N) is 1. The van der Waals surface area contributed by atoms with Gasteiger partial charge in [-0.2, -0.15) is 0 Å². The second-order valence-electron chi connectivity index (χ2n) is 5.39. The summed E-state index contributed by atoms with van der Waals surface area (Å²) in [5, 5.41) is 2.88. The van der Waals surface area contributed by atoms with Gasteiger partial charge < -0.3 is 10.2 Å². The molecule has 0 unspecified atom stereocenters. The van der Waals surface area contributed by atoms with Gasteiger partial charge in [0.1, 0.15) is 0 Å². The minimum absolute atomic E-state index is 0.121. The Bertz CT molecular complexity index is 453. The molecule has 1 N–H and O–H groups in total. The highest BCUT2D eigenvalue weighted by molar-refractivity contribution is 5.94. The number of amides is 2. The van der Waals surface area contributed by atoms with E-state index < -0.39 is 0 Å². The minimum atomic E-state index is -0.142. The van der Waals surface area contributed by atoms with Crippen LogP contribution in [-0.2, 0) is 4.79 Å². The van der Waals surface area contributed by atoms with E-state index in [0.29, 0.717) is 12.0 Å². The van der Waals surface area contributed by atoms with Crippen LogP contribution in [0.15, 0.2) is 30.3 Å². The lowest BCUT2D eigenvalue weighted by Gasteiger charge is -2.28. The van der Waals surface area contributed by atoms with Crippen LogP contribution in [0, 0.1) is 0 Å². The SMILES string of the molecule is C[C@@H](CC(=O)N1CCCCC1)NC(=O)c1ccccc1. The van der Waals surface area contributed by atoms with Gasteiger partial charge in [0, 0.05) is 31.1 Å². The summed E-state index contributed by atoms with van der Waals surface area (Å²) < 4.78 is 0. The molecule has 1 aromatic carbocycles. The number of carbonyl (C=O) groups is 2. The van der Waals surface area contributed by atoms with E-state index in [1.807, 2.05) is 30.0 Å². The summed E-state index contributed by atoms with van der Waals surface area (Å²) in [6, 6.07) is 8.94. The Morgan fingerprint density at radius 2 is 1.80 bits per heavy atom. The van der Waals surface area contributed by atoms with Crippen LogP contribution in [0.3, 0.4) is 0 Å². The number of rotatable bonds is 4. The first-order chi connectivity index (χ1) is 9.66. The van der Waals surface area contributed by atoms with Crippen molar-refractivity contribution in [2.75, 3.05) is 13.1 Å². The van der Waals surface area contributed by atoms with Crippen molar-refractivity contribution in [3.63, 3.8) is 0 Å². The third-order valence-electron chi connectivity index (χ3n) is 3.60. The predicted molar refractivity (Wildman–Crippen MR) is 78.4 cm³/mol. The molecule has 2 rings (SSSR count). The van der Waals surface area contributed by atoms with Gasteiger partial charge in [-0.15, -0.1) is 0 Å². The van der Waals surface area contributed by atoms with Crippen LogP contribution in [-0.4, -0.2) is 35.8 Å². The molecule has 1 aliphatic rings. The Hall–Kier alpha value is -1.84. The molecule has 1 aromatic rings. The molecule has 108 valence electrons. The normalized spacial score (nSPS) is 16.6. The van der Waals surface area contributed by atoms with E-state index in [1.165, 1.54) is 6.42 Å². The number of nitrogens with zero attached hydrogens (tertiary/aromatic N) is 1. The van der Waals surface area contributed by atoms with E-state index in [1.54, 1.807) is 12.1 Å². The molecule has 1 atom stereocenters. The van der Waals surface area contributed by atoms with Crippen LogP contribution >= 0.6 is 0 Å². The molecule has 1 aliphatic heterocycles. The van der Waals surface area contributed by atoms with Gasteiger partial charge in [0.2, 0.25) is 5.91 Å². The van der Waals surface area contributed by atoms with Gasteiger partial charge in [-0.1, -0.05) is 18.2 Å². The fraction of sp³-hybridized carbons (Fsp3) is 0.500. The van der Waals surface area contributed by atoms with Gasteiger partial charge in [0.15, 0.2) is 0 Å². The zero-order valence-corrected chi connectivity index (χ0v) is 12.0. The van der Waals surface area contributed by atoms with Gasteiger partial charge in [-0.05, 0) is 38.3 Å². The third-order valence-corrected chi connectivity index (χ3v) is 3.60. The molecule has 0 aliphatic carbocycles. The van der Waals surface area contributed by atoms with Gasteiger partial charge in [0.05, 0.1) is 0 Å². The predicted octanol–water partition coefficient (Wildman–Crippen LogP) is 2.21. The minimum Gasteiger partial charge on any atom is -0.349 e. The lowest BCUT2D eigenvalue weighted by atomic mass is 10.1. The molecule has 2 amide bonds. The highest BCUT2D eigenvalue weighted by atomic mass is 16.2. The summed E-state index contributed by atoms with van der Waals surface area (Å²) in [6.45, 7) is 3.60. The number of benzene rings is 1. The van der Waals surface area contributed by atoms with E-state index in [4.69, 9.17) is 0 Å². The zero-order chi connectivity index (χ0) is 14.4. The molecule has 1 heterocycles. The molecule has 20 heavy (non-hydrogen) atoms. The van der Waals surface area contributed by atoms with Crippen LogP contribution in [0.4, 0.5) is 0 Å². The van der Waals surface area contributed by atoms with Crippen LogP contribution in [0.1, 0.15) is 43.0 Å². The van der Waals surface area contributed by atoms with Crippen molar-refractivity contribution in [2.45, 2.75) is 38.6 Å². The molecule has 1 saturated heterocycles. The number of hydrogen-bond acceptors (Lipinski definition) is 2. The van der Waals surface area contributed by atoms with E-state index in [0.717, 1.165) is 25.9 Å². The van der Waals surface area contributed by atoms with E-state index in [-0.39, 0.29) is 17.9 Å². The Labute approximate surface area is 120 Å². The van der Waals surface area contributed by atoms with Crippen molar-refractivity contribution in [1.82, 2.24) is 10.2 Å². The van der Waals surface area contributed by atoms with Crippen molar-refractivity contribution in [3.8, 4) is 0 Å². The first-order valence-corrected chi connectivity index (χ1v) is 7.30. The molecular weight excluding hydrogens is 252 g/mol. The highest BCUT2D eigenvalue weighted by Crippen LogP contribution is 2.11. The standard InChI is InChI=1S/C16H22N2O2/c1-13(12-15(19)18-10-6-3-7-11-18)17-16(20)14-8-4-2-5-9-14/h2,4-5,8-9,13H,3,6-7,10-12H2,1H3,(H,17,20)/t13-/m0/s1. The molecule has 0 saturated carbocycles. The van der Waals surface area contributed by atoms with Gasteiger partial charge >= 0.3 is 0 Å². The smallest absolute Gasteiger partial charge is 0.251 e. The summed E-state index contributed by atoms with van der Waals surface area (Å²) in [6.07, 6.45) is 3.77. The van der Waals surface area contributed by atoms with Crippen molar-refractivity contribution in [3.05, 3.63) is 35.9 Å². The van der Waals surface area contributed by atoms with E-state index >= 15 is 0 Å².